The van der Waals surface area contributed by atoms with Crippen LogP contribution in [0.2, 0.25) is 0 Å². The van der Waals surface area contributed by atoms with E-state index in [-0.39, 0.29) is 18.0 Å². The van der Waals surface area contributed by atoms with Crippen molar-refractivity contribution in [3.05, 3.63) is 29.8 Å². The first-order valence-electron chi connectivity index (χ1n) is 8.03. The van der Waals surface area contributed by atoms with E-state index >= 15 is 0 Å². The zero-order valence-electron chi connectivity index (χ0n) is 14.9. The Morgan fingerprint density at radius 2 is 1.83 bits per heavy atom. The van der Waals surface area contributed by atoms with Crippen molar-refractivity contribution in [3.8, 4) is 11.4 Å². The molecule has 0 spiro atoms. The maximum atomic E-state index is 12.4. The Kier molecular flexibility index (Phi) is 5.88. The molecule has 1 aromatic heterocycles. The molecule has 0 aliphatic rings. The molecular formula is C17H25N5OS. The van der Waals surface area contributed by atoms with Gasteiger partial charge in [-0.2, -0.15) is 0 Å². The van der Waals surface area contributed by atoms with Crippen LogP contribution in [0.4, 0.5) is 0 Å². The number of amides is 1. The third-order valence-electron chi connectivity index (χ3n) is 3.78. The fourth-order valence-electron chi connectivity index (χ4n) is 2.76. The molecule has 2 N–H and O–H groups in total. The minimum Gasteiger partial charge on any atom is -0.337 e. The normalized spacial score (nSPS) is 11.3. The number of rotatable bonds is 6. The second-order valence-corrected chi connectivity index (χ2v) is 7.21. The van der Waals surface area contributed by atoms with Crippen LogP contribution in [0.1, 0.15) is 33.3 Å². The Bertz CT molecular complexity index is 703. The second-order valence-electron chi connectivity index (χ2n) is 6.27. The third kappa shape index (κ3) is 3.90. The van der Waals surface area contributed by atoms with Crippen LogP contribution < -0.4 is 5.84 Å². The maximum absolute atomic E-state index is 12.4. The average Bonchev–Trinajstić information content (AvgIpc) is 2.86. The number of hydrogen-bond acceptors (Lipinski definition) is 5. The monoisotopic (exact) mass is 347 g/mol. The highest BCUT2D eigenvalue weighted by Gasteiger charge is 2.21. The first-order chi connectivity index (χ1) is 11.3. The lowest BCUT2D eigenvalue weighted by Gasteiger charge is -2.30. The molecule has 1 heterocycles. The Labute approximate surface area is 147 Å². The SMILES string of the molecule is Cc1ccccc1-c1nnc(SCC(=O)N(C(C)C)C(C)C)n1N. The van der Waals surface area contributed by atoms with Gasteiger partial charge in [-0.3, -0.25) is 4.79 Å². The van der Waals surface area contributed by atoms with Crippen LogP contribution >= 0.6 is 11.8 Å². The molecule has 0 fully saturated rings. The quantitative estimate of drug-likeness (QED) is 0.642. The number of nitrogen functional groups attached to an aromatic ring is 1. The highest BCUT2D eigenvalue weighted by Crippen LogP contribution is 2.24. The Morgan fingerprint density at radius 1 is 1.21 bits per heavy atom. The van der Waals surface area contributed by atoms with Crippen molar-refractivity contribution in [2.45, 2.75) is 51.9 Å². The zero-order valence-corrected chi connectivity index (χ0v) is 15.7. The van der Waals surface area contributed by atoms with Crippen LogP contribution in [0.25, 0.3) is 11.4 Å². The number of carbonyl (C=O) groups excluding carboxylic acids is 1. The summed E-state index contributed by atoms with van der Waals surface area (Å²) in [5.41, 5.74) is 2.02. The molecule has 0 radical (unpaired) electrons. The maximum Gasteiger partial charge on any atom is 0.233 e. The van der Waals surface area contributed by atoms with E-state index in [9.17, 15) is 4.79 Å². The fourth-order valence-corrected chi connectivity index (χ4v) is 3.48. The predicted molar refractivity (Wildman–Crippen MR) is 98.2 cm³/mol. The zero-order chi connectivity index (χ0) is 17.9. The standard InChI is InChI=1S/C17H25N5OS/c1-11(2)21(12(3)4)15(23)10-24-17-20-19-16(22(17)18)14-9-7-6-8-13(14)5/h6-9,11-12H,10,18H2,1-5H3. The molecule has 0 aliphatic heterocycles. The molecule has 6 nitrogen and oxygen atoms in total. The van der Waals surface area contributed by atoms with Crippen molar-refractivity contribution in [2.75, 3.05) is 11.6 Å². The van der Waals surface area contributed by atoms with Gasteiger partial charge >= 0.3 is 0 Å². The van der Waals surface area contributed by atoms with Crippen LogP contribution in [0.15, 0.2) is 29.4 Å². The molecule has 0 atom stereocenters. The number of nitrogens with zero attached hydrogens (tertiary/aromatic N) is 4. The molecule has 7 heteroatoms. The topological polar surface area (TPSA) is 77.0 Å². The van der Waals surface area contributed by atoms with Gasteiger partial charge < -0.3 is 10.7 Å². The molecule has 0 aliphatic carbocycles. The van der Waals surface area contributed by atoms with Crippen LogP contribution in [-0.4, -0.2) is 43.5 Å². The number of nitrogens with two attached hydrogens (primary N) is 1. The van der Waals surface area contributed by atoms with Gasteiger partial charge in [-0.25, -0.2) is 4.68 Å². The van der Waals surface area contributed by atoms with Crippen molar-refractivity contribution < 1.29 is 4.79 Å². The first-order valence-corrected chi connectivity index (χ1v) is 9.02. The molecule has 2 aromatic rings. The van der Waals surface area contributed by atoms with Gasteiger partial charge in [0.2, 0.25) is 11.1 Å². The average molecular weight is 347 g/mol. The van der Waals surface area contributed by atoms with Crippen molar-refractivity contribution in [1.29, 1.82) is 0 Å². The van der Waals surface area contributed by atoms with Crippen molar-refractivity contribution in [1.82, 2.24) is 19.8 Å². The third-order valence-corrected chi connectivity index (χ3v) is 4.70. The summed E-state index contributed by atoms with van der Waals surface area (Å²) >= 11 is 1.31. The van der Waals surface area contributed by atoms with Gasteiger partial charge in [-0.05, 0) is 40.2 Å². The molecule has 130 valence electrons. The second kappa shape index (κ2) is 7.70. The number of benzene rings is 1. The van der Waals surface area contributed by atoms with Gasteiger partial charge in [-0.1, -0.05) is 36.0 Å². The first kappa shape index (κ1) is 18.3. The van der Waals surface area contributed by atoms with Gasteiger partial charge in [0, 0.05) is 17.6 Å². The summed E-state index contributed by atoms with van der Waals surface area (Å²) in [6, 6.07) is 8.20. The molecule has 0 saturated carbocycles. The highest BCUT2D eigenvalue weighted by molar-refractivity contribution is 7.99. The lowest BCUT2D eigenvalue weighted by atomic mass is 10.1. The number of thioether (sulfide) groups is 1. The molecule has 1 aromatic carbocycles. The molecular weight excluding hydrogens is 322 g/mol. The Hall–Kier alpha value is -2.02. The van der Waals surface area contributed by atoms with Crippen molar-refractivity contribution >= 4 is 17.7 Å². The summed E-state index contributed by atoms with van der Waals surface area (Å²) in [6.45, 7) is 10.1. The van der Waals surface area contributed by atoms with Crippen molar-refractivity contribution in [2.24, 2.45) is 0 Å². The Balaban J connectivity index is 2.13. The van der Waals surface area contributed by atoms with Crippen LogP contribution in [0.5, 0.6) is 0 Å². The minimum absolute atomic E-state index is 0.0745. The van der Waals surface area contributed by atoms with E-state index < -0.39 is 0 Å². The molecule has 2 rings (SSSR count). The largest absolute Gasteiger partial charge is 0.337 e. The molecule has 0 unspecified atom stereocenters. The smallest absolute Gasteiger partial charge is 0.233 e. The van der Waals surface area contributed by atoms with Crippen LogP contribution in [0, 0.1) is 6.92 Å². The number of hydrogen-bond donors (Lipinski definition) is 1. The van der Waals surface area contributed by atoms with Gasteiger partial charge in [0.15, 0.2) is 5.82 Å². The predicted octanol–water partition coefficient (Wildman–Crippen LogP) is 2.70. The van der Waals surface area contributed by atoms with E-state index in [1.165, 1.54) is 16.4 Å². The van der Waals surface area contributed by atoms with E-state index in [0.717, 1.165) is 11.1 Å². The number of aryl methyl sites for hydroxylation is 1. The van der Waals surface area contributed by atoms with E-state index in [2.05, 4.69) is 10.2 Å². The van der Waals surface area contributed by atoms with Gasteiger partial charge in [0.1, 0.15) is 0 Å². The molecule has 1 amide bonds. The summed E-state index contributed by atoms with van der Waals surface area (Å²) in [6.07, 6.45) is 0. The van der Waals surface area contributed by atoms with E-state index in [1.54, 1.807) is 0 Å². The minimum atomic E-state index is 0.0745. The van der Waals surface area contributed by atoms with Crippen LogP contribution in [0.3, 0.4) is 0 Å². The van der Waals surface area contributed by atoms with E-state index in [0.29, 0.717) is 16.7 Å². The summed E-state index contributed by atoms with van der Waals surface area (Å²) < 4.78 is 1.45. The van der Waals surface area contributed by atoms with Gasteiger partial charge in [0.25, 0.3) is 0 Å². The molecule has 24 heavy (non-hydrogen) atoms. The number of aromatic nitrogens is 3. The lowest BCUT2D eigenvalue weighted by Crippen LogP contribution is -2.43. The summed E-state index contributed by atoms with van der Waals surface area (Å²) in [4.78, 5) is 14.3. The van der Waals surface area contributed by atoms with Gasteiger partial charge in [0.05, 0.1) is 5.75 Å². The van der Waals surface area contributed by atoms with Gasteiger partial charge in [-0.15, -0.1) is 10.2 Å². The number of carbonyl (C=O) groups is 1. The highest BCUT2D eigenvalue weighted by atomic mass is 32.2. The van der Waals surface area contributed by atoms with Crippen molar-refractivity contribution in [3.63, 3.8) is 0 Å². The molecule has 0 saturated heterocycles. The Morgan fingerprint density at radius 3 is 2.42 bits per heavy atom. The van der Waals surface area contributed by atoms with Crippen LogP contribution in [-0.2, 0) is 4.79 Å². The fraction of sp³-hybridized carbons (Fsp3) is 0.471. The molecule has 0 bridgehead atoms. The summed E-state index contributed by atoms with van der Waals surface area (Å²) in [7, 11) is 0. The summed E-state index contributed by atoms with van der Waals surface area (Å²) in [5, 5.41) is 8.85. The van der Waals surface area contributed by atoms with E-state index in [4.69, 9.17) is 5.84 Å². The summed E-state index contributed by atoms with van der Waals surface area (Å²) in [5.74, 6) is 7.10. The van der Waals surface area contributed by atoms with E-state index in [1.807, 2.05) is 63.8 Å². The lowest BCUT2D eigenvalue weighted by molar-refractivity contribution is -0.131.